The van der Waals surface area contributed by atoms with Crippen molar-refractivity contribution in [1.29, 1.82) is 0 Å². The van der Waals surface area contributed by atoms with Gasteiger partial charge in [0.25, 0.3) is 11.5 Å². The average Bonchev–Trinajstić information content (AvgIpc) is 2.67. The summed E-state index contributed by atoms with van der Waals surface area (Å²) < 4.78 is 5.47. The molecule has 1 fully saturated rings. The summed E-state index contributed by atoms with van der Waals surface area (Å²) in [5.41, 5.74) is -1.96. The summed E-state index contributed by atoms with van der Waals surface area (Å²) in [6.07, 6.45) is -3.89. The van der Waals surface area contributed by atoms with E-state index in [1.807, 2.05) is 4.98 Å². The fourth-order valence-electron chi connectivity index (χ4n) is 2.07. The lowest BCUT2D eigenvalue weighted by Crippen LogP contribution is -2.51. The first-order chi connectivity index (χ1) is 9.85. The minimum Gasteiger partial charge on any atom is -0.394 e. The van der Waals surface area contributed by atoms with Gasteiger partial charge >= 0.3 is 5.69 Å². The number of aliphatic hydroxyl groups is 4. The van der Waals surface area contributed by atoms with Crippen molar-refractivity contribution in [2.24, 2.45) is 0 Å². The van der Waals surface area contributed by atoms with E-state index in [9.17, 15) is 24.9 Å². The van der Waals surface area contributed by atoms with Crippen LogP contribution < -0.4 is 11.2 Å². The molecule has 0 aromatic carbocycles. The molecule has 0 bridgehead atoms. The Bertz CT molecular complexity index is 713. The Balaban J connectivity index is 2.60. The van der Waals surface area contributed by atoms with E-state index in [0.717, 1.165) is 6.20 Å². The van der Waals surface area contributed by atoms with Crippen molar-refractivity contribution < 1.29 is 25.2 Å². The number of aromatic amines is 1. The van der Waals surface area contributed by atoms with Crippen molar-refractivity contribution in [3.63, 3.8) is 0 Å². The van der Waals surface area contributed by atoms with Crippen LogP contribution in [-0.2, 0) is 10.6 Å². The maximum Gasteiger partial charge on any atom is 0.332 e. The van der Waals surface area contributed by atoms with Gasteiger partial charge in [0.1, 0.15) is 17.8 Å². The van der Waals surface area contributed by atoms with Crippen LogP contribution in [-0.4, -0.2) is 54.9 Å². The first-order valence-electron chi connectivity index (χ1n) is 6.01. The van der Waals surface area contributed by atoms with Gasteiger partial charge in [-0.25, -0.2) is 9.36 Å². The van der Waals surface area contributed by atoms with Gasteiger partial charge in [-0.2, -0.15) is 0 Å². The second kappa shape index (κ2) is 5.44. The predicted molar refractivity (Wildman–Crippen MR) is 68.0 cm³/mol. The van der Waals surface area contributed by atoms with E-state index in [2.05, 4.69) is 11.8 Å². The molecule has 1 aromatic heterocycles. The van der Waals surface area contributed by atoms with Gasteiger partial charge < -0.3 is 25.2 Å². The lowest BCUT2D eigenvalue weighted by molar-refractivity contribution is -0.291. The maximum absolute atomic E-state index is 11.8. The molecule has 5 N–H and O–H groups in total. The quantitative estimate of drug-likeness (QED) is 0.358. The number of hydrogen-bond donors (Lipinski definition) is 5. The van der Waals surface area contributed by atoms with Gasteiger partial charge in [-0.1, -0.05) is 5.92 Å². The van der Waals surface area contributed by atoms with Crippen molar-refractivity contribution in [2.75, 3.05) is 6.61 Å². The van der Waals surface area contributed by atoms with Crippen LogP contribution in [0.1, 0.15) is 12.5 Å². The van der Waals surface area contributed by atoms with Crippen LogP contribution in [0.2, 0.25) is 0 Å². The van der Waals surface area contributed by atoms with Gasteiger partial charge in [0.05, 0.1) is 6.61 Å². The number of aliphatic hydroxyl groups excluding tert-OH is 3. The molecule has 9 heteroatoms. The molecule has 114 valence electrons. The zero-order chi connectivity index (χ0) is 15.8. The topological polar surface area (TPSA) is 145 Å². The molecular formula is C12H14N2O7. The van der Waals surface area contributed by atoms with Crippen LogP contribution in [0.3, 0.4) is 0 Å². The molecule has 0 radical (unpaired) electrons. The van der Waals surface area contributed by atoms with Crippen molar-refractivity contribution in [2.45, 2.75) is 31.1 Å². The predicted octanol–water partition coefficient (Wildman–Crippen LogP) is -3.38. The van der Waals surface area contributed by atoms with E-state index in [-0.39, 0.29) is 5.56 Å². The molecule has 0 aliphatic carbocycles. The molecule has 0 amide bonds. The number of nitrogens with zero attached hydrogens (tertiary/aromatic N) is 1. The van der Waals surface area contributed by atoms with E-state index in [1.54, 1.807) is 0 Å². The van der Waals surface area contributed by atoms with Crippen molar-refractivity contribution >= 4 is 0 Å². The second-order valence-electron chi connectivity index (χ2n) is 4.48. The highest BCUT2D eigenvalue weighted by atomic mass is 16.7. The molecule has 1 aliphatic heterocycles. The molecule has 1 saturated heterocycles. The molecular weight excluding hydrogens is 284 g/mol. The van der Waals surface area contributed by atoms with Gasteiger partial charge in [-0.15, -0.1) is 5.92 Å². The average molecular weight is 298 g/mol. The number of rotatable bonds is 2. The third-order valence-corrected chi connectivity index (χ3v) is 3.14. The third-order valence-electron chi connectivity index (χ3n) is 3.14. The number of H-pyrrole nitrogens is 1. The highest BCUT2D eigenvalue weighted by molar-refractivity contribution is 5.29. The van der Waals surface area contributed by atoms with Crippen LogP contribution in [0.25, 0.3) is 0 Å². The summed E-state index contributed by atoms with van der Waals surface area (Å²) in [6.45, 7) is 0.788. The van der Waals surface area contributed by atoms with Gasteiger partial charge in [0.2, 0.25) is 0 Å². The summed E-state index contributed by atoms with van der Waals surface area (Å²) in [7, 11) is 0. The summed E-state index contributed by atoms with van der Waals surface area (Å²) in [6, 6.07) is 0. The Labute approximate surface area is 118 Å². The fraction of sp³-hybridized carbons (Fsp3) is 0.500. The standard InChI is InChI=1S/C12H14N2O7/c1-2-3-6-4-14(11(19)13-10(6)18)12(20)9(17)8(16)7(5-15)21-12/h4,7-9,15-17,20H,5H2,1H3,(H,13,18,19)/t7-,8-,9+,12-/m1/s1. The minimum absolute atomic E-state index is 0.136. The molecule has 2 heterocycles. The van der Waals surface area contributed by atoms with Crippen LogP contribution in [0.4, 0.5) is 0 Å². The summed E-state index contributed by atoms with van der Waals surface area (Å²) >= 11 is 0. The zero-order valence-electron chi connectivity index (χ0n) is 11.0. The Kier molecular flexibility index (Phi) is 3.99. The largest absolute Gasteiger partial charge is 0.394 e. The molecule has 1 aliphatic rings. The number of nitrogens with one attached hydrogen (secondary N) is 1. The number of ether oxygens (including phenoxy) is 1. The lowest BCUT2D eigenvalue weighted by atomic mass is 10.1. The summed E-state index contributed by atoms with van der Waals surface area (Å²) in [5.74, 6) is 2.25. The maximum atomic E-state index is 11.8. The smallest absolute Gasteiger partial charge is 0.332 e. The highest BCUT2D eigenvalue weighted by Crippen LogP contribution is 2.32. The number of hydrogen-bond acceptors (Lipinski definition) is 7. The lowest BCUT2D eigenvalue weighted by Gasteiger charge is -2.27. The first-order valence-corrected chi connectivity index (χ1v) is 6.01. The van der Waals surface area contributed by atoms with Crippen LogP contribution >= 0.6 is 0 Å². The van der Waals surface area contributed by atoms with Gasteiger partial charge in [-0.3, -0.25) is 9.78 Å². The van der Waals surface area contributed by atoms with Gasteiger partial charge in [-0.05, 0) is 6.92 Å². The zero-order valence-corrected chi connectivity index (χ0v) is 11.0. The van der Waals surface area contributed by atoms with Gasteiger partial charge in [0, 0.05) is 6.20 Å². The Morgan fingerprint density at radius 1 is 1.48 bits per heavy atom. The molecule has 4 atom stereocenters. The molecule has 9 nitrogen and oxygen atoms in total. The molecule has 0 saturated carbocycles. The normalized spacial score (nSPS) is 31.8. The molecule has 0 unspecified atom stereocenters. The molecule has 2 rings (SSSR count). The molecule has 1 aromatic rings. The Hall–Kier alpha value is -1.96. The van der Waals surface area contributed by atoms with E-state index >= 15 is 0 Å². The van der Waals surface area contributed by atoms with Gasteiger partial charge in [0.15, 0.2) is 6.10 Å². The number of aromatic nitrogens is 2. The molecule has 0 spiro atoms. The van der Waals surface area contributed by atoms with E-state index in [1.165, 1.54) is 6.92 Å². The summed E-state index contributed by atoms with van der Waals surface area (Å²) in [5, 5.41) is 38.9. The summed E-state index contributed by atoms with van der Waals surface area (Å²) in [4.78, 5) is 25.2. The highest BCUT2D eigenvalue weighted by Gasteiger charge is 2.55. The second-order valence-corrected chi connectivity index (χ2v) is 4.48. The van der Waals surface area contributed by atoms with Crippen LogP contribution in [0.5, 0.6) is 0 Å². The Morgan fingerprint density at radius 3 is 2.67 bits per heavy atom. The van der Waals surface area contributed by atoms with Crippen LogP contribution in [0.15, 0.2) is 15.8 Å². The van der Waals surface area contributed by atoms with Crippen molar-refractivity contribution in [3.8, 4) is 11.8 Å². The van der Waals surface area contributed by atoms with Crippen molar-refractivity contribution in [1.82, 2.24) is 9.55 Å². The van der Waals surface area contributed by atoms with Crippen molar-refractivity contribution in [3.05, 3.63) is 32.6 Å². The monoisotopic (exact) mass is 298 g/mol. The van der Waals surface area contributed by atoms with E-state index in [4.69, 9.17) is 9.84 Å². The fourth-order valence-corrected chi connectivity index (χ4v) is 2.07. The molecule has 21 heavy (non-hydrogen) atoms. The first kappa shape index (κ1) is 15.4. The van der Waals surface area contributed by atoms with E-state index in [0.29, 0.717) is 4.57 Å². The third kappa shape index (κ3) is 2.39. The van der Waals surface area contributed by atoms with E-state index < -0.39 is 42.1 Å². The minimum atomic E-state index is -2.63. The Morgan fingerprint density at radius 2 is 2.14 bits per heavy atom. The SMILES string of the molecule is CC#Cc1cn([C@]2(O)O[C@H](CO)[C@@H](O)[C@@H]2O)c(=O)[nH]c1=O. The van der Waals surface area contributed by atoms with Crippen LogP contribution in [0, 0.1) is 11.8 Å².